The monoisotopic (exact) mass is 373 g/mol. The van der Waals surface area contributed by atoms with Crippen LogP contribution < -0.4 is 4.74 Å². The number of hydrogen-bond donors (Lipinski definition) is 0. The smallest absolute Gasteiger partial charge is 0.327 e. The number of aromatic nitrogens is 3. The second kappa shape index (κ2) is 7.42. The van der Waals surface area contributed by atoms with Gasteiger partial charge in [0.25, 0.3) is 0 Å². The molecule has 1 aromatic carbocycles. The van der Waals surface area contributed by atoms with Crippen molar-refractivity contribution in [1.29, 1.82) is 0 Å². The predicted octanol–water partition coefficient (Wildman–Crippen LogP) is 2.84. The Balaban J connectivity index is 1.92. The van der Waals surface area contributed by atoms with Crippen LogP contribution >= 0.6 is 27.5 Å². The summed E-state index contributed by atoms with van der Waals surface area (Å²) < 4.78 is 12.7. The van der Waals surface area contributed by atoms with Gasteiger partial charge in [0.2, 0.25) is 0 Å². The van der Waals surface area contributed by atoms with Gasteiger partial charge in [-0.15, -0.1) is 5.10 Å². The average molecular weight is 375 g/mol. The van der Waals surface area contributed by atoms with Crippen molar-refractivity contribution >= 4 is 33.5 Å². The fourth-order valence-electron chi connectivity index (χ4n) is 1.56. The molecule has 21 heavy (non-hydrogen) atoms. The van der Waals surface area contributed by atoms with Crippen LogP contribution in [0, 0.1) is 0 Å². The van der Waals surface area contributed by atoms with Gasteiger partial charge in [0.1, 0.15) is 24.6 Å². The van der Waals surface area contributed by atoms with E-state index in [1.54, 1.807) is 25.3 Å². The molecule has 2 rings (SSSR count). The summed E-state index contributed by atoms with van der Waals surface area (Å²) in [7, 11) is 0. The molecule has 0 fully saturated rings. The number of halogens is 2. The van der Waals surface area contributed by atoms with Crippen LogP contribution in [0.15, 0.2) is 28.9 Å². The first-order valence-electron chi connectivity index (χ1n) is 6.21. The molecule has 0 amide bonds. The lowest BCUT2D eigenvalue weighted by molar-refractivity contribution is -0.144. The maximum Gasteiger partial charge on any atom is 0.327 e. The van der Waals surface area contributed by atoms with E-state index in [-0.39, 0.29) is 19.1 Å². The van der Waals surface area contributed by atoms with Gasteiger partial charge in [0, 0.05) is 4.47 Å². The van der Waals surface area contributed by atoms with Crippen LogP contribution in [-0.4, -0.2) is 27.6 Å². The molecule has 0 saturated carbocycles. The molecule has 0 aliphatic carbocycles. The molecule has 2 aromatic rings. The minimum absolute atomic E-state index is 0.0277. The van der Waals surface area contributed by atoms with Crippen LogP contribution in [-0.2, 0) is 22.7 Å². The molecule has 0 N–H and O–H groups in total. The molecule has 0 spiro atoms. The standard InChI is InChI=1S/C13H13BrClN3O3/c1-2-20-13(19)7-18-6-10(16-17-18)8-21-12-4-3-9(14)5-11(12)15/h3-6H,2,7-8H2,1H3. The number of esters is 1. The number of rotatable bonds is 6. The van der Waals surface area contributed by atoms with Crippen molar-refractivity contribution in [3.05, 3.63) is 39.6 Å². The highest BCUT2D eigenvalue weighted by atomic mass is 79.9. The second-order valence-electron chi connectivity index (χ2n) is 4.08. The molecule has 1 heterocycles. The molecule has 8 heteroatoms. The molecule has 0 bridgehead atoms. The SMILES string of the molecule is CCOC(=O)Cn1cc(COc2ccc(Br)cc2Cl)nn1. The maximum absolute atomic E-state index is 11.3. The van der Waals surface area contributed by atoms with Gasteiger partial charge in [-0.1, -0.05) is 32.7 Å². The topological polar surface area (TPSA) is 66.2 Å². The van der Waals surface area contributed by atoms with Gasteiger partial charge in [0.15, 0.2) is 0 Å². The number of benzene rings is 1. The first kappa shape index (κ1) is 15.8. The van der Waals surface area contributed by atoms with E-state index in [0.29, 0.717) is 23.1 Å². The summed E-state index contributed by atoms with van der Waals surface area (Å²) in [5.41, 5.74) is 0.596. The van der Waals surface area contributed by atoms with Gasteiger partial charge in [-0.2, -0.15) is 0 Å². The molecular formula is C13H13BrClN3O3. The molecule has 0 aliphatic heterocycles. The van der Waals surface area contributed by atoms with Crippen molar-refractivity contribution < 1.29 is 14.3 Å². The van der Waals surface area contributed by atoms with Gasteiger partial charge in [-0.3, -0.25) is 4.79 Å². The third-order valence-corrected chi connectivity index (χ3v) is 3.24. The van der Waals surface area contributed by atoms with Gasteiger partial charge < -0.3 is 9.47 Å². The van der Waals surface area contributed by atoms with Gasteiger partial charge in [-0.05, 0) is 25.1 Å². The molecule has 0 radical (unpaired) electrons. The Morgan fingerprint density at radius 2 is 2.29 bits per heavy atom. The van der Waals surface area contributed by atoms with Gasteiger partial charge >= 0.3 is 5.97 Å². The Hall–Kier alpha value is -1.60. The van der Waals surface area contributed by atoms with Crippen molar-refractivity contribution in [1.82, 2.24) is 15.0 Å². The van der Waals surface area contributed by atoms with Crippen molar-refractivity contribution in [2.45, 2.75) is 20.1 Å². The summed E-state index contributed by atoms with van der Waals surface area (Å²) >= 11 is 9.37. The summed E-state index contributed by atoms with van der Waals surface area (Å²) in [5, 5.41) is 8.26. The zero-order chi connectivity index (χ0) is 15.2. The van der Waals surface area contributed by atoms with E-state index < -0.39 is 0 Å². The normalized spacial score (nSPS) is 10.4. The van der Waals surface area contributed by atoms with Crippen molar-refractivity contribution in [2.75, 3.05) is 6.61 Å². The number of hydrogen-bond acceptors (Lipinski definition) is 5. The average Bonchev–Trinajstić information content (AvgIpc) is 2.85. The molecule has 1 aromatic heterocycles. The highest BCUT2D eigenvalue weighted by Gasteiger charge is 2.08. The molecule has 6 nitrogen and oxygen atoms in total. The van der Waals surface area contributed by atoms with Crippen LogP contribution in [0.4, 0.5) is 0 Å². The zero-order valence-corrected chi connectivity index (χ0v) is 13.6. The summed E-state index contributed by atoms with van der Waals surface area (Å²) in [6.45, 7) is 2.33. The fraction of sp³-hybridized carbons (Fsp3) is 0.308. The maximum atomic E-state index is 11.3. The van der Waals surface area contributed by atoms with Crippen molar-refractivity contribution in [3.63, 3.8) is 0 Å². The number of nitrogens with zero attached hydrogens (tertiary/aromatic N) is 3. The lowest BCUT2D eigenvalue weighted by atomic mass is 10.3. The molecule has 0 atom stereocenters. The van der Waals surface area contributed by atoms with Crippen LogP contribution in [0.5, 0.6) is 5.75 Å². The van der Waals surface area contributed by atoms with E-state index in [0.717, 1.165) is 4.47 Å². The third kappa shape index (κ3) is 4.71. The lowest BCUT2D eigenvalue weighted by Gasteiger charge is -2.06. The molecule has 0 aliphatic rings. The van der Waals surface area contributed by atoms with E-state index >= 15 is 0 Å². The van der Waals surface area contributed by atoms with E-state index in [9.17, 15) is 4.79 Å². The van der Waals surface area contributed by atoms with E-state index in [1.807, 2.05) is 6.07 Å². The first-order chi connectivity index (χ1) is 10.1. The third-order valence-electron chi connectivity index (χ3n) is 2.45. The largest absolute Gasteiger partial charge is 0.486 e. The van der Waals surface area contributed by atoms with Gasteiger partial charge in [-0.25, -0.2) is 4.68 Å². The number of carbonyl (C=O) groups excluding carboxylic acids is 1. The zero-order valence-electron chi connectivity index (χ0n) is 11.3. The van der Waals surface area contributed by atoms with Crippen LogP contribution in [0.1, 0.15) is 12.6 Å². The molecule has 0 unspecified atom stereocenters. The Morgan fingerprint density at radius 3 is 3.00 bits per heavy atom. The summed E-state index contributed by atoms with van der Waals surface area (Å²) in [6.07, 6.45) is 1.63. The van der Waals surface area contributed by atoms with Crippen molar-refractivity contribution in [3.8, 4) is 5.75 Å². The van der Waals surface area contributed by atoms with Crippen LogP contribution in [0.2, 0.25) is 5.02 Å². The van der Waals surface area contributed by atoms with E-state index in [1.165, 1.54) is 4.68 Å². The summed E-state index contributed by atoms with van der Waals surface area (Å²) in [5.74, 6) is 0.200. The summed E-state index contributed by atoms with van der Waals surface area (Å²) in [4.78, 5) is 11.3. The van der Waals surface area contributed by atoms with E-state index in [2.05, 4.69) is 26.2 Å². The quantitative estimate of drug-likeness (QED) is 0.727. The Bertz CT molecular complexity index is 633. The number of ether oxygens (including phenoxy) is 2. The minimum Gasteiger partial charge on any atom is -0.486 e. The highest BCUT2D eigenvalue weighted by molar-refractivity contribution is 9.10. The summed E-state index contributed by atoms with van der Waals surface area (Å²) in [6, 6.07) is 5.34. The van der Waals surface area contributed by atoms with Crippen LogP contribution in [0.25, 0.3) is 0 Å². The van der Waals surface area contributed by atoms with E-state index in [4.69, 9.17) is 21.1 Å². The molecule has 0 saturated heterocycles. The lowest BCUT2D eigenvalue weighted by Crippen LogP contribution is -2.13. The second-order valence-corrected chi connectivity index (χ2v) is 5.40. The number of carbonyl (C=O) groups is 1. The Morgan fingerprint density at radius 1 is 1.48 bits per heavy atom. The Labute approximate surface area is 135 Å². The van der Waals surface area contributed by atoms with Crippen molar-refractivity contribution in [2.24, 2.45) is 0 Å². The fourth-order valence-corrected chi connectivity index (χ4v) is 2.29. The molecule has 112 valence electrons. The Kier molecular flexibility index (Phi) is 5.58. The van der Waals surface area contributed by atoms with Crippen LogP contribution in [0.3, 0.4) is 0 Å². The highest BCUT2D eigenvalue weighted by Crippen LogP contribution is 2.28. The molecular weight excluding hydrogens is 362 g/mol. The first-order valence-corrected chi connectivity index (χ1v) is 7.38. The van der Waals surface area contributed by atoms with Gasteiger partial charge in [0.05, 0.1) is 17.8 Å². The predicted molar refractivity (Wildman–Crippen MR) is 80.1 cm³/mol. The minimum atomic E-state index is -0.356.